The molecule has 0 spiro atoms. The minimum atomic E-state index is -2.77. The van der Waals surface area contributed by atoms with Crippen LogP contribution in [0.3, 0.4) is 0 Å². The Labute approximate surface area is 114 Å². The molecule has 0 atom stereocenters. The smallest absolute Gasteiger partial charge is 0.423 e. The first-order chi connectivity index (χ1) is 9.35. The van der Waals surface area contributed by atoms with E-state index in [9.17, 15) is 8.78 Å². The quantitative estimate of drug-likeness (QED) is 0.800. The third-order valence-electron chi connectivity index (χ3n) is 2.70. The van der Waals surface area contributed by atoms with Crippen molar-refractivity contribution in [3.63, 3.8) is 0 Å². The van der Waals surface area contributed by atoms with Gasteiger partial charge in [-0.25, -0.2) is 8.78 Å². The van der Waals surface area contributed by atoms with Gasteiger partial charge >= 0.3 is 7.12 Å². The normalized spacial score (nSPS) is 11.7. The molecule has 106 valence electrons. The number of halogens is 2. The minimum Gasteiger partial charge on any atom is -0.423 e. The van der Waals surface area contributed by atoms with Crippen molar-refractivity contribution in [2.45, 2.75) is 25.7 Å². The number of rotatable bonds is 5. The lowest BCUT2D eigenvalue weighted by molar-refractivity contribution is 0.0117. The molecule has 1 heterocycles. The van der Waals surface area contributed by atoms with Gasteiger partial charge in [0.15, 0.2) is 0 Å². The van der Waals surface area contributed by atoms with Crippen LogP contribution in [-0.2, 0) is 6.42 Å². The Morgan fingerprint density at radius 3 is 2.40 bits per heavy atom. The van der Waals surface area contributed by atoms with Gasteiger partial charge in [0, 0.05) is 18.4 Å². The Morgan fingerprint density at radius 2 is 1.85 bits per heavy atom. The molecule has 0 saturated carbocycles. The van der Waals surface area contributed by atoms with Gasteiger partial charge in [-0.15, -0.1) is 10.2 Å². The first-order valence-corrected chi connectivity index (χ1v) is 6.02. The molecular weight excluding hydrogens is 269 g/mol. The number of benzene rings is 1. The zero-order chi connectivity index (χ0) is 14.8. The van der Waals surface area contributed by atoms with Gasteiger partial charge in [0.25, 0.3) is 0 Å². The van der Waals surface area contributed by atoms with Crippen LogP contribution in [0.1, 0.15) is 19.2 Å². The summed E-state index contributed by atoms with van der Waals surface area (Å²) < 4.78 is 30.7. The highest BCUT2D eigenvalue weighted by atomic mass is 19.3. The number of aryl methyl sites for hydroxylation is 1. The average Bonchev–Trinajstić information content (AvgIpc) is 2.84. The van der Waals surface area contributed by atoms with Crippen LogP contribution in [0.5, 0.6) is 0 Å². The summed E-state index contributed by atoms with van der Waals surface area (Å²) in [6.07, 6.45) is -0.353. The molecule has 0 aliphatic rings. The lowest BCUT2D eigenvalue weighted by Crippen LogP contribution is -2.29. The first-order valence-electron chi connectivity index (χ1n) is 6.02. The van der Waals surface area contributed by atoms with Crippen LogP contribution in [-0.4, -0.2) is 33.3 Å². The SMILES string of the molecule is CC(F)(F)CCc1nnc(-c2ccc(B(O)O)cc2)o1. The topological polar surface area (TPSA) is 79.4 Å². The van der Waals surface area contributed by atoms with Gasteiger partial charge in [0.1, 0.15) is 0 Å². The summed E-state index contributed by atoms with van der Waals surface area (Å²) in [5, 5.41) is 25.4. The van der Waals surface area contributed by atoms with Gasteiger partial charge in [0.2, 0.25) is 17.7 Å². The van der Waals surface area contributed by atoms with E-state index in [1.807, 2.05) is 0 Å². The zero-order valence-corrected chi connectivity index (χ0v) is 10.8. The highest BCUT2D eigenvalue weighted by Gasteiger charge is 2.22. The van der Waals surface area contributed by atoms with Crippen molar-refractivity contribution < 1.29 is 23.2 Å². The molecule has 2 aromatic rings. The molecule has 0 unspecified atom stereocenters. The van der Waals surface area contributed by atoms with Gasteiger partial charge in [-0.3, -0.25) is 0 Å². The number of aromatic nitrogens is 2. The third kappa shape index (κ3) is 3.85. The van der Waals surface area contributed by atoms with E-state index < -0.39 is 13.0 Å². The monoisotopic (exact) mass is 282 g/mol. The van der Waals surface area contributed by atoms with Crippen molar-refractivity contribution in [1.82, 2.24) is 10.2 Å². The van der Waals surface area contributed by atoms with Crippen LogP contribution in [0.2, 0.25) is 0 Å². The van der Waals surface area contributed by atoms with E-state index in [0.717, 1.165) is 6.92 Å². The molecule has 2 N–H and O–H groups in total. The number of alkyl halides is 2. The summed E-state index contributed by atoms with van der Waals surface area (Å²) >= 11 is 0. The second kappa shape index (κ2) is 5.68. The Balaban J connectivity index is 2.08. The van der Waals surface area contributed by atoms with Crippen molar-refractivity contribution in [2.75, 3.05) is 0 Å². The summed E-state index contributed by atoms with van der Waals surface area (Å²) in [4.78, 5) is 0. The van der Waals surface area contributed by atoms with Gasteiger partial charge in [0.05, 0.1) is 0 Å². The highest BCUT2D eigenvalue weighted by molar-refractivity contribution is 6.58. The summed E-state index contributed by atoms with van der Waals surface area (Å²) in [5.74, 6) is -2.42. The summed E-state index contributed by atoms with van der Waals surface area (Å²) in [5.41, 5.74) is 0.913. The fraction of sp³-hybridized carbons (Fsp3) is 0.333. The number of hydrogen-bond acceptors (Lipinski definition) is 5. The maximum Gasteiger partial charge on any atom is 0.488 e. The molecule has 8 heteroatoms. The van der Waals surface area contributed by atoms with Crippen molar-refractivity contribution >= 4 is 12.6 Å². The highest BCUT2D eigenvalue weighted by Crippen LogP contribution is 2.21. The van der Waals surface area contributed by atoms with Gasteiger partial charge < -0.3 is 14.5 Å². The largest absolute Gasteiger partial charge is 0.488 e. The molecule has 1 aromatic heterocycles. The molecule has 0 bridgehead atoms. The molecule has 0 aliphatic carbocycles. The Kier molecular flexibility index (Phi) is 4.15. The fourth-order valence-corrected chi connectivity index (χ4v) is 1.60. The molecule has 0 aliphatic heterocycles. The van der Waals surface area contributed by atoms with Crippen molar-refractivity contribution in [3.8, 4) is 11.5 Å². The second-order valence-corrected chi connectivity index (χ2v) is 4.57. The fourth-order valence-electron chi connectivity index (χ4n) is 1.60. The molecule has 5 nitrogen and oxygen atoms in total. The molecule has 0 amide bonds. The zero-order valence-electron chi connectivity index (χ0n) is 10.8. The van der Waals surface area contributed by atoms with Crippen LogP contribution >= 0.6 is 0 Å². The molecule has 0 radical (unpaired) electrons. The van der Waals surface area contributed by atoms with Crippen LogP contribution in [0.15, 0.2) is 28.7 Å². The predicted octanol–water partition coefficient (Wildman–Crippen LogP) is 1.00. The maximum atomic E-state index is 12.7. The van der Waals surface area contributed by atoms with E-state index in [4.69, 9.17) is 14.5 Å². The molecule has 2 rings (SSSR count). The van der Waals surface area contributed by atoms with E-state index in [2.05, 4.69) is 10.2 Å². The van der Waals surface area contributed by atoms with E-state index in [-0.39, 0.29) is 24.6 Å². The van der Waals surface area contributed by atoms with Crippen molar-refractivity contribution in [1.29, 1.82) is 0 Å². The number of nitrogens with zero attached hydrogens (tertiary/aromatic N) is 2. The number of hydrogen-bond donors (Lipinski definition) is 2. The van der Waals surface area contributed by atoms with E-state index in [1.54, 1.807) is 12.1 Å². The van der Waals surface area contributed by atoms with E-state index in [0.29, 0.717) is 11.0 Å². The van der Waals surface area contributed by atoms with E-state index in [1.165, 1.54) is 12.1 Å². The summed E-state index contributed by atoms with van der Waals surface area (Å²) in [6.45, 7) is 0.837. The lowest BCUT2D eigenvalue weighted by Gasteiger charge is -2.06. The standard InChI is InChI=1S/C12H13BF2N2O3/c1-12(14,15)7-6-10-16-17-11(20-10)8-2-4-9(5-3-8)13(18)19/h2-5,18-19H,6-7H2,1H3. The molecule has 20 heavy (non-hydrogen) atoms. The van der Waals surface area contributed by atoms with Crippen LogP contribution in [0, 0.1) is 0 Å². The van der Waals surface area contributed by atoms with Crippen LogP contribution in [0.25, 0.3) is 11.5 Å². The van der Waals surface area contributed by atoms with Crippen LogP contribution in [0.4, 0.5) is 8.78 Å². The molecule has 0 saturated heterocycles. The molecule has 1 aromatic carbocycles. The molecular formula is C12H13BF2N2O3. The lowest BCUT2D eigenvalue weighted by atomic mass is 9.80. The third-order valence-corrected chi connectivity index (χ3v) is 2.70. The van der Waals surface area contributed by atoms with Gasteiger partial charge in [-0.05, 0) is 24.5 Å². The summed E-state index contributed by atoms with van der Waals surface area (Å²) in [7, 11) is -1.55. The van der Waals surface area contributed by atoms with Gasteiger partial charge in [-0.2, -0.15) is 0 Å². The maximum absolute atomic E-state index is 12.7. The van der Waals surface area contributed by atoms with Gasteiger partial charge in [-0.1, -0.05) is 12.1 Å². The predicted molar refractivity (Wildman–Crippen MR) is 68.5 cm³/mol. The van der Waals surface area contributed by atoms with Crippen molar-refractivity contribution in [3.05, 3.63) is 30.2 Å². The summed E-state index contributed by atoms with van der Waals surface area (Å²) in [6, 6.07) is 6.18. The second-order valence-electron chi connectivity index (χ2n) is 4.57. The Hall–Kier alpha value is -1.80. The van der Waals surface area contributed by atoms with Crippen molar-refractivity contribution in [2.24, 2.45) is 0 Å². The first kappa shape index (κ1) is 14.6. The molecule has 0 fully saturated rings. The Bertz CT molecular complexity index is 567. The van der Waals surface area contributed by atoms with Crippen LogP contribution < -0.4 is 5.46 Å². The Morgan fingerprint density at radius 1 is 1.20 bits per heavy atom. The average molecular weight is 282 g/mol. The minimum absolute atomic E-state index is 0.00391. The van der Waals surface area contributed by atoms with E-state index >= 15 is 0 Å².